The summed E-state index contributed by atoms with van der Waals surface area (Å²) in [5, 5.41) is 5.11. The molecule has 1 aliphatic rings. The molecule has 114 valence electrons. The zero-order chi connectivity index (χ0) is 15.5. The van der Waals surface area contributed by atoms with Gasteiger partial charge in [-0.3, -0.25) is 14.5 Å². The van der Waals surface area contributed by atoms with Gasteiger partial charge in [-0.1, -0.05) is 18.2 Å². The summed E-state index contributed by atoms with van der Waals surface area (Å²) in [4.78, 5) is 30.6. The van der Waals surface area contributed by atoms with Gasteiger partial charge >= 0.3 is 0 Å². The molecule has 0 spiro atoms. The molecule has 5 nitrogen and oxygen atoms in total. The normalized spacial score (nSPS) is 15.9. The molecule has 0 fully saturated rings. The lowest BCUT2D eigenvalue weighted by molar-refractivity contribution is -0.123. The van der Waals surface area contributed by atoms with Crippen molar-refractivity contribution in [3.05, 3.63) is 41.4 Å². The molecule has 0 radical (unpaired) electrons. The largest absolute Gasteiger partial charge is 0.300 e. The third-order valence-corrected chi connectivity index (χ3v) is 4.47. The van der Waals surface area contributed by atoms with Crippen LogP contribution >= 0.6 is 11.3 Å². The maximum absolute atomic E-state index is 12.5. The zero-order valence-corrected chi connectivity index (χ0v) is 13.1. The van der Waals surface area contributed by atoms with Crippen molar-refractivity contribution < 1.29 is 9.59 Å². The SMILES string of the molecule is CC(C(=O)Nc1nccs1)N1C(=O)CCCc2ccccc21. The van der Waals surface area contributed by atoms with Gasteiger partial charge in [0.25, 0.3) is 0 Å². The van der Waals surface area contributed by atoms with E-state index in [1.165, 1.54) is 11.3 Å². The molecule has 3 rings (SSSR count). The van der Waals surface area contributed by atoms with Crippen LogP contribution in [-0.2, 0) is 16.0 Å². The quantitative estimate of drug-likeness (QED) is 0.947. The van der Waals surface area contributed by atoms with E-state index >= 15 is 0 Å². The predicted octanol–water partition coefficient (Wildman–Crippen LogP) is 2.84. The molecule has 1 aromatic carbocycles. The Hall–Kier alpha value is -2.21. The molecule has 1 aromatic heterocycles. The van der Waals surface area contributed by atoms with Gasteiger partial charge in [0, 0.05) is 23.7 Å². The first kappa shape index (κ1) is 14.7. The molecule has 6 heteroatoms. The van der Waals surface area contributed by atoms with Crippen molar-refractivity contribution in [2.75, 3.05) is 10.2 Å². The number of hydrogen-bond acceptors (Lipinski definition) is 4. The third kappa shape index (κ3) is 2.87. The molecule has 2 heterocycles. The molecule has 22 heavy (non-hydrogen) atoms. The second-order valence-electron chi connectivity index (χ2n) is 5.25. The van der Waals surface area contributed by atoms with Crippen LogP contribution in [0.1, 0.15) is 25.3 Å². The van der Waals surface area contributed by atoms with Crippen molar-refractivity contribution in [3.63, 3.8) is 0 Å². The van der Waals surface area contributed by atoms with Gasteiger partial charge in [-0.2, -0.15) is 0 Å². The van der Waals surface area contributed by atoms with Crippen LogP contribution in [0.4, 0.5) is 10.8 Å². The summed E-state index contributed by atoms with van der Waals surface area (Å²) in [6.07, 6.45) is 3.77. The van der Waals surface area contributed by atoms with Crippen molar-refractivity contribution in [2.24, 2.45) is 0 Å². The predicted molar refractivity (Wildman–Crippen MR) is 87.1 cm³/mol. The van der Waals surface area contributed by atoms with Crippen LogP contribution in [0, 0.1) is 0 Å². The maximum atomic E-state index is 12.5. The summed E-state index contributed by atoms with van der Waals surface area (Å²) in [5.41, 5.74) is 1.95. The Labute approximate surface area is 133 Å². The number of para-hydroxylation sites is 1. The van der Waals surface area contributed by atoms with Crippen molar-refractivity contribution in [1.82, 2.24) is 4.98 Å². The van der Waals surface area contributed by atoms with E-state index in [4.69, 9.17) is 0 Å². The highest BCUT2D eigenvalue weighted by atomic mass is 32.1. The van der Waals surface area contributed by atoms with Crippen LogP contribution in [0.3, 0.4) is 0 Å². The van der Waals surface area contributed by atoms with Crippen molar-refractivity contribution in [1.29, 1.82) is 0 Å². The second kappa shape index (κ2) is 6.27. The highest BCUT2D eigenvalue weighted by Crippen LogP contribution is 2.28. The number of nitrogens with zero attached hydrogens (tertiary/aromatic N) is 2. The molecule has 1 N–H and O–H groups in total. The van der Waals surface area contributed by atoms with Crippen LogP contribution in [-0.4, -0.2) is 22.8 Å². The molecule has 0 saturated carbocycles. The van der Waals surface area contributed by atoms with Crippen molar-refractivity contribution >= 4 is 34.0 Å². The van der Waals surface area contributed by atoms with E-state index in [-0.39, 0.29) is 11.8 Å². The lowest BCUT2D eigenvalue weighted by Gasteiger charge is -2.28. The number of anilines is 2. The highest BCUT2D eigenvalue weighted by Gasteiger charge is 2.30. The fourth-order valence-electron chi connectivity index (χ4n) is 2.68. The number of nitrogens with one attached hydrogen (secondary N) is 1. The minimum absolute atomic E-state index is 0.00765. The van der Waals surface area contributed by atoms with E-state index in [9.17, 15) is 9.59 Å². The Kier molecular flexibility index (Phi) is 4.20. The first-order valence-corrected chi connectivity index (χ1v) is 8.15. The van der Waals surface area contributed by atoms with Crippen LogP contribution < -0.4 is 10.2 Å². The molecule has 1 atom stereocenters. The molecule has 1 aliphatic heterocycles. The van der Waals surface area contributed by atoms with E-state index in [1.54, 1.807) is 23.4 Å². The Bertz CT molecular complexity index is 684. The van der Waals surface area contributed by atoms with E-state index in [1.807, 2.05) is 24.3 Å². The van der Waals surface area contributed by atoms with Gasteiger partial charge in [0.15, 0.2) is 5.13 Å². The van der Waals surface area contributed by atoms with Gasteiger partial charge in [0.1, 0.15) is 6.04 Å². The van der Waals surface area contributed by atoms with Gasteiger partial charge in [-0.25, -0.2) is 4.98 Å². The Morgan fingerprint density at radius 1 is 1.36 bits per heavy atom. The fourth-order valence-corrected chi connectivity index (χ4v) is 3.21. The monoisotopic (exact) mass is 315 g/mol. The van der Waals surface area contributed by atoms with E-state index in [2.05, 4.69) is 10.3 Å². The number of carbonyl (C=O) groups excluding carboxylic acids is 2. The van der Waals surface area contributed by atoms with Gasteiger partial charge < -0.3 is 5.32 Å². The van der Waals surface area contributed by atoms with Gasteiger partial charge in [0.05, 0.1) is 0 Å². The maximum Gasteiger partial charge on any atom is 0.249 e. The molecule has 2 amide bonds. The molecule has 2 aromatic rings. The van der Waals surface area contributed by atoms with Crippen molar-refractivity contribution in [2.45, 2.75) is 32.2 Å². The summed E-state index contributed by atoms with van der Waals surface area (Å²) >= 11 is 1.36. The van der Waals surface area contributed by atoms with Crippen LogP contribution in [0.25, 0.3) is 0 Å². The van der Waals surface area contributed by atoms with Gasteiger partial charge in [0.2, 0.25) is 11.8 Å². The number of aromatic nitrogens is 1. The number of amides is 2. The molecule has 0 bridgehead atoms. The molecule has 1 unspecified atom stereocenters. The first-order chi connectivity index (χ1) is 10.7. The number of aryl methyl sites for hydroxylation is 1. The summed E-state index contributed by atoms with van der Waals surface area (Å²) in [7, 11) is 0. The number of fused-ring (bicyclic) bond motifs is 1. The second-order valence-corrected chi connectivity index (χ2v) is 6.14. The van der Waals surface area contributed by atoms with Crippen molar-refractivity contribution in [3.8, 4) is 0 Å². The van der Waals surface area contributed by atoms with E-state index in [0.717, 1.165) is 24.1 Å². The molecular weight excluding hydrogens is 298 g/mol. The van der Waals surface area contributed by atoms with Crippen LogP contribution in [0.5, 0.6) is 0 Å². The standard InChI is InChI=1S/C16H17N3O2S/c1-11(15(21)18-16-17-9-10-22-16)19-13-7-3-2-5-12(13)6-4-8-14(19)20/h2-3,5,7,9-11H,4,6,8H2,1H3,(H,17,18,21). The minimum Gasteiger partial charge on any atom is -0.300 e. The lowest BCUT2D eigenvalue weighted by Crippen LogP contribution is -2.45. The van der Waals surface area contributed by atoms with Gasteiger partial charge in [-0.15, -0.1) is 11.3 Å². The summed E-state index contributed by atoms with van der Waals surface area (Å²) in [6, 6.07) is 7.22. The molecule has 0 aliphatic carbocycles. The minimum atomic E-state index is -0.573. The fraction of sp³-hybridized carbons (Fsp3) is 0.312. The Morgan fingerprint density at radius 3 is 2.95 bits per heavy atom. The number of rotatable bonds is 3. The first-order valence-electron chi connectivity index (χ1n) is 7.27. The Balaban J connectivity index is 1.87. The average molecular weight is 315 g/mol. The average Bonchev–Trinajstić information content (AvgIpc) is 2.95. The van der Waals surface area contributed by atoms with Crippen LogP contribution in [0.2, 0.25) is 0 Å². The Morgan fingerprint density at radius 2 is 2.18 bits per heavy atom. The summed E-state index contributed by atoms with van der Waals surface area (Å²) in [6.45, 7) is 1.75. The molecular formula is C16H17N3O2S. The number of hydrogen-bond donors (Lipinski definition) is 1. The molecule has 0 saturated heterocycles. The van der Waals surface area contributed by atoms with E-state index in [0.29, 0.717) is 11.6 Å². The van der Waals surface area contributed by atoms with Gasteiger partial charge in [-0.05, 0) is 31.4 Å². The topological polar surface area (TPSA) is 62.3 Å². The summed E-state index contributed by atoms with van der Waals surface area (Å²) in [5.74, 6) is -0.230. The lowest BCUT2D eigenvalue weighted by atomic mass is 10.1. The third-order valence-electron chi connectivity index (χ3n) is 3.79. The number of benzene rings is 1. The van der Waals surface area contributed by atoms with Crippen LogP contribution in [0.15, 0.2) is 35.8 Å². The number of carbonyl (C=O) groups is 2. The smallest absolute Gasteiger partial charge is 0.249 e. The number of thiazole rings is 1. The van der Waals surface area contributed by atoms with E-state index < -0.39 is 6.04 Å². The zero-order valence-electron chi connectivity index (χ0n) is 12.3. The highest BCUT2D eigenvalue weighted by molar-refractivity contribution is 7.13. The summed E-state index contributed by atoms with van der Waals surface area (Å²) < 4.78 is 0.